The summed E-state index contributed by atoms with van der Waals surface area (Å²) in [4.78, 5) is 0. The second kappa shape index (κ2) is 5.91. The van der Waals surface area contributed by atoms with Crippen molar-refractivity contribution in [1.82, 2.24) is 0 Å². The molecule has 0 saturated carbocycles. The smallest absolute Gasteiger partial charge is 0.147 e. The summed E-state index contributed by atoms with van der Waals surface area (Å²) >= 11 is 12.2. The lowest BCUT2D eigenvalue weighted by Gasteiger charge is -2.23. The maximum atomic E-state index is 6.13. The molecule has 0 spiro atoms. The lowest BCUT2D eigenvalue weighted by atomic mass is 10.2. The molecule has 1 atom stereocenters. The van der Waals surface area contributed by atoms with E-state index >= 15 is 0 Å². The van der Waals surface area contributed by atoms with Crippen LogP contribution in [0.2, 0.25) is 10.0 Å². The average Bonchev–Trinajstić information content (AvgIpc) is 2.33. The zero-order valence-electron chi connectivity index (χ0n) is 9.63. The number of aryl methyl sites for hydroxylation is 1. The van der Waals surface area contributed by atoms with Crippen molar-refractivity contribution < 1.29 is 9.47 Å². The molecule has 2 rings (SSSR count). The molecule has 1 aliphatic heterocycles. The van der Waals surface area contributed by atoms with E-state index in [4.69, 9.17) is 32.7 Å². The number of ether oxygens (including phenoxy) is 2. The lowest BCUT2D eigenvalue weighted by Crippen LogP contribution is -2.30. The molecule has 1 unspecified atom stereocenters. The van der Waals surface area contributed by atoms with Crippen molar-refractivity contribution in [2.24, 2.45) is 0 Å². The van der Waals surface area contributed by atoms with E-state index in [1.165, 1.54) is 0 Å². The molecule has 5 heteroatoms. The van der Waals surface area contributed by atoms with Crippen LogP contribution in [0.5, 0.6) is 0 Å². The zero-order valence-corrected chi connectivity index (χ0v) is 11.1. The maximum absolute atomic E-state index is 6.13. The molecule has 1 fully saturated rings. The van der Waals surface area contributed by atoms with Crippen LogP contribution in [0, 0.1) is 6.92 Å². The molecule has 0 aliphatic carbocycles. The van der Waals surface area contributed by atoms with E-state index in [1.807, 2.05) is 19.1 Å². The Labute approximate surface area is 111 Å². The van der Waals surface area contributed by atoms with Gasteiger partial charge in [0, 0.05) is 11.6 Å². The highest BCUT2D eigenvalue weighted by atomic mass is 35.5. The van der Waals surface area contributed by atoms with Crippen LogP contribution in [0.25, 0.3) is 0 Å². The molecule has 0 bridgehead atoms. The first kappa shape index (κ1) is 13.0. The number of hydrogen-bond donors (Lipinski definition) is 1. The van der Waals surface area contributed by atoms with Gasteiger partial charge >= 0.3 is 0 Å². The van der Waals surface area contributed by atoms with Gasteiger partial charge in [-0.25, -0.2) is 0 Å². The number of benzene rings is 1. The minimum atomic E-state index is 0.167. The number of anilines is 1. The van der Waals surface area contributed by atoms with Crippen molar-refractivity contribution in [3.05, 3.63) is 27.7 Å². The largest absolute Gasteiger partial charge is 0.381 e. The monoisotopic (exact) mass is 275 g/mol. The summed E-state index contributed by atoms with van der Waals surface area (Å²) in [6, 6.07) is 3.70. The van der Waals surface area contributed by atoms with Crippen LogP contribution in [0.15, 0.2) is 12.1 Å². The summed E-state index contributed by atoms with van der Waals surface area (Å²) in [7, 11) is 0. The number of nitrogens with one attached hydrogen (secondary N) is 1. The summed E-state index contributed by atoms with van der Waals surface area (Å²) in [5, 5.41) is 4.65. The van der Waals surface area contributed by atoms with Crippen LogP contribution in [0.3, 0.4) is 0 Å². The van der Waals surface area contributed by atoms with Crippen LogP contribution in [0.4, 0.5) is 5.69 Å². The van der Waals surface area contributed by atoms with Gasteiger partial charge in [-0.2, -0.15) is 0 Å². The van der Waals surface area contributed by atoms with E-state index in [1.54, 1.807) is 0 Å². The van der Waals surface area contributed by atoms with Gasteiger partial charge in [-0.15, -0.1) is 0 Å². The average molecular weight is 276 g/mol. The molecule has 1 heterocycles. The molecule has 94 valence electrons. The predicted octanol–water partition coefficient (Wildman–Crippen LogP) is 3.48. The summed E-state index contributed by atoms with van der Waals surface area (Å²) < 4.78 is 10.5. The summed E-state index contributed by atoms with van der Waals surface area (Å²) in [6.45, 7) is 3.76. The normalized spacial score (nSPS) is 20.3. The summed E-state index contributed by atoms with van der Waals surface area (Å²) in [6.07, 6.45) is 1.06. The van der Waals surface area contributed by atoms with E-state index in [2.05, 4.69) is 5.32 Å². The van der Waals surface area contributed by atoms with Crippen LogP contribution < -0.4 is 5.32 Å². The third kappa shape index (κ3) is 3.49. The van der Waals surface area contributed by atoms with Crippen LogP contribution in [0.1, 0.15) is 12.0 Å². The van der Waals surface area contributed by atoms with Crippen molar-refractivity contribution >= 4 is 28.9 Å². The quantitative estimate of drug-likeness (QED) is 0.916. The first-order chi connectivity index (χ1) is 8.16. The van der Waals surface area contributed by atoms with E-state index in [-0.39, 0.29) is 6.10 Å². The van der Waals surface area contributed by atoms with E-state index < -0.39 is 0 Å². The van der Waals surface area contributed by atoms with Crippen molar-refractivity contribution in [3.63, 3.8) is 0 Å². The Kier molecular flexibility index (Phi) is 4.51. The fourth-order valence-corrected chi connectivity index (χ4v) is 2.12. The summed E-state index contributed by atoms with van der Waals surface area (Å²) in [5.41, 5.74) is 1.82. The maximum Gasteiger partial charge on any atom is 0.147 e. The Morgan fingerprint density at radius 2 is 2.18 bits per heavy atom. The van der Waals surface area contributed by atoms with Crippen LogP contribution in [-0.2, 0) is 9.47 Å². The van der Waals surface area contributed by atoms with Crippen molar-refractivity contribution in [3.8, 4) is 0 Å². The first-order valence-electron chi connectivity index (χ1n) is 5.55. The fraction of sp³-hybridized carbons (Fsp3) is 0.500. The standard InChI is InChI=1S/C12H15Cl2NO2/c1-8-4-11(14)12(5-10(8)13)15-6-9-2-3-16-7-17-9/h4-5,9,15H,2-3,6-7H2,1H3. The van der Waals surface area contributed by atoms with E-state index in [0.29, 0.717) is 23.4 Å². The number of rotatable bonds is 3. The number of halogens is 2. The minimum Gasteiger partial charge on any atom is -0.381 e. The van der Waals surface area contributed by atoms with Gasteiger partial charge in [-0.3, -0.25) is 0 Å². The highest BCUT2D eigenvalue weighted by Crippen LogP contribution is 2.28. The molecular formula is C12H15Cl2NO2. The Morgan fingerprint density at radius 3 is 2.88 bits per heavy atom. The van der Waals surface area contributed by atoms with Gasteiger partial charge in [-0.05, 0) is 31.0 Å². The molecule has 0 aromatic heterocycles. The number of hydrogen-bond acceptors (Lipinski definition) is 3. The van der Waals surface area contributed by atoms with Gasteiger partial charge in [0.1, 0.15) is 6.79 Å². The van der Waals surface area contributed by atoms with Gasteiger partial charge in [0.25, 0.3) is 0 Å². The third-order valence-corrected chi connectivity index (χ3v) is 3.46. The molecule has 17 heavy (non-hydrogen) atoms. The second-order valence-corrected chi connectivity index (χ2v) is 4.88. The Hall–Kier alpha value is -0.480. The molecule has 0 radical (unpaired) electrons. The Balaban J connectivity index is 1.96. The topological polar surface area (TPSA) is 30.5 Å². The predicted molar refractivity (Wildman–Crippen MR) is 70.0 cm³/mol. The van der Waals surface area contributed by atoms with Gasteiger partial charge in [0.15, 0.2) is 0 Å². The van der Waals surface area contributed by atoms with Gasteiger partial charge in [0.05, 0.1) is 23.4 Å². The Bertz CT molecular complexity index is 392. The van der Waals surface area contributed by atoms with Crippen LogP contribution in [-0.4, -0.2) is 26.0 Å². The highest BCUT2D eigenvalue weighted by molar-refractivity contribution is 6.35. The van der Waals surface area contributed by atoms with E-state index in [9.17, 15) is 0 Å². The molecule has 3 nitrogen and oxygen atoms in total. The lowest BCUT2D eigenvalue weighted by molar-refractivity contribution is -0.133. The molecule has 1 N–H and O–H groups in total. The summed E-state index contributed by atoms with van der Waals surface area (Å²) in [5.74, 6) is 0. The zero-order chi connectivity index (χ0) is 12.3. The van der Waals surface area contributed by atoms with Gasteiger partial charge in [0.2, 0.25) is 0 Å². The fourth-order valence-electron chi connectivity index (χ4n) is 1.67. The van der Waals surface area contributed by atoms with Gasteiger partial charge < -0.3 is 14.8 Å². The molecule has 1 saturated heterocycles. The van der Waals surface area contributed by atoms with Crippen LogP contribution >= 0.6 is 23.2 Å². The van der Waals surface area contributed by atoms with Crippen molar-refractivity contribution in [2.75, 3.05) is 25.3 Å². The van der Waals surface area contributed by atoms with Crippen molar-refractivity contribution in [2.45, 2.75) is 19.4 Å². The Morgan fingerprint density at radius 1 is 1.35 bits per heavy atom. The van der Waals surface area contributed by atoms with E-state index in [0.717, 1.165) is 24.3 Å². The molecule has 1 aliphatic rings. The molecule has 1 aromatic rings. The highest BCUT2D eigenvalue weighted by Gasteiger charge is 2.14. The third-order valence-electron chi connectivity index (χ3n) is 2.74. The minimum absolute atomic E-state index is 0.167. The SMILES string of the molecule is Cc1cc(Cl)c(NCC2CCOCO2)cc1Cl. The molecule has 1 aromatic carbocycles. The molecule has 0 amide bonds. The molecular weight excluding hydrogens is 261 g/mol. The van der Waals surface area contributed by atoms with Gasteiger partial charge in [-0.1, -0.05) is 23.2 Å². The van der Waals surface area contributed by atoms with Crippen molar-refractivity contribution in [1.29, 1.82) is 0 Å². The first-order valence-corrected chi connectivity index (χ1v) is 6.31. The second-order valence-electron chi connectivity index (χ2n) is 4.07.